The Morgan fingerprint density at radius 1 is 0.879 bits per heavy atom. The van der Waals surface area contributed by atoms with E-state index >= 15 is 0 Å². The minimum Gasteiger partial charge on any atom is -0.350 e. The molecule has 172 valence electrons. The van der Waals surface area contributed by atoms with Gasteiger partial charge in [0.05, 0.1) is 0 Å². The third-order valence-corrected chi connectivity index (χ3v) is 6.21. The molecule has 0 saturated heterocycles. The van der Waals surface area contributed by atoms with E-state index in [2.05, 4.69) is 5.32 Å². The number of carbonyl (C=O) groups excluding carboxylic acids is 2. The summed E-state index contributed by atoms with van der Waals surface area (Å²) in [6.45, 7) is 2.28. The summed E-state index contributed by atoms with van der Waals surface area (Å²) in [5.41, 5.74) is 2.72. The number of halogens is 3. The normalized spacial score (nSPS) is 11.6. The van der Waals surface area contributed by atoms with Crippen LogP contribution in [-0.2, 0) is 29.1 Å². The summed E-state index contributed by atoms with van der Waals surface area (Å²) in [5.74, 6) is -0.357. The van der Waals surface area contributed by atoms with Crippen molar-refractivity contribution in [2.24, 2.45) is 0 Å². The highest BCUT2D eigenvalue weighted by molar-refractivity contribution is 6.35. The third-order valence-electron chi connectivity index (χ3n) is 5.37. The molecule has 0 aliphatic heterocycles. The van der Waals surface area contributed by atoms with E-state index in [4.69, 9.17) is 34.8 Å². The lowest BCUT2D eigenvalue weighted by Gasteiger charge is -2.29. The number of aryl methyl sites for hydroxylation is 1. The zero-order chi connectivity index (χ0) is 23.8. The number of benzene rings is 3. The van der Waals surface area contributed by atoms with Crippen molar-refractivity contribution in [3.63, 3.8) is 0 Å². The summed E-state index contributed by atoms with van der Waals surface area (Å²) < 4.78 is 0. The molecule has 0 radical (unpaired) electrons. The largest absolute Gasteiger partial charge is 0.350 e. The highest BCUT2D eigenvalue weighted by Crippen LogP contribution is 2.21. The molecular weight excluding hydrogens is 479 g/mol. The van der Waals surface area contributed by atoms with Crippen LogP contribution >= 0.6 is 34.8 Å². The average molecular weight is 504 g/mol. The first-order valence-electron chi connectivity index (χ1n) is 10.6. The maximum Gasteiger partial charge on any atom is 0.242 e. The molecule has 0 spiro atoms. The van der Waals surface area contributed by atoms with Crippen LogP contribution in [0.3, 0.4) is 0 Å². The molecule has 1 atom stereocenters. The fourth-order valence-electron chi connectivity index (χ4n) is 3.40. The Kier molecular flexibility index (Phi) is 9.19. The van der Waals surface area contributed by atoms with Crippen molar-refractivity contribution < 1.29 is 9.59 Å². The summed E-state index contributed by atoms with van der Waals surface area (Å²) in [6.07, 6.45) is 0.906. The molecule has 0 bridgehead atoms. The molecule has 0 aliphatic rings. The first kappa shape index (κ1) is 25.1. The molecule has 3 aromatic rings. The van der Waals surface area contributed by atoms with Crippen LogP contribution in [0.2, 0.25) is 15.1 Å². The van der Waals surface area contributed by atoms with E-state index in [-0.39, 0.29) is 18.4 Å². The molecular formula is C26H25Cl3N2O2. The Labute approximate surface area is 209 Å². The van der Waals surface area contributed by atoms with E-state index in [0.717, 1.165) is 16.7 Å². The van der Waals surface area contributed by atoms with Gasteiger partial charge in [-0.05, 0) is 54.3 Å². The van der Waals surface area contributed by atoms with Crippen molar-refractivity contribution in [3.8, 4) is 0 Å². The van der Waals surface area contributed by atoms with Gasteiger partial charge in [-0.1, -0.05) is 83.3 Å². The van der Waals surface area contributed by atoms with Crippen molar-refractivity contribution in [3.05, 3.63) is 105 Å². The van der Waals surface area contributed by atoms with Crippen LogP contribution in [0, 0.1) is 0 Å². The SMILES string of the molecule is C[C@H](C(=O)NCc1ccc(Cl)cc1Cl)N(Cc1ccc(Cl)cc1)C(=O)CCc1ccccc1. The first-order chi connectivity index (χ1) is 15.8. The second-order valence-corrected chi connectivity index (χ2v) is 9.04. The van der Waals surface area contributed by atoms with Crippen LogP contribution in [0.4, 0.5) is 0 Å². The Morgan fingerprint density at radius 3 is 2.21 bits per heavy atom. The quantitative estimate of drug-likeness (QED) is 0.372. The topological polar surface area (TPSA) is 49.4 Å². The minimum absolute atomic E-state index is 0.0963. The Bertz CT molecular complexity index is 1090. The third kappa shape index (κ3) is 7.50. The number of amides is 2. The van der Waals surface area contributed by atoms with Gasteiger partial charge in [0, 0.05) is 34.6 Å². The fraction of sp³-hybridized carbons (Fsp3) is 0.231. The van der Waals surface area contributed by atoms with E-state index in [1.807, 2.05) is 42.5 Å². The van der Waals surface area contributed by atoms with Gasteiger partial charge in [-0.25, -0.2) is 0 Å². The highest BCUT2D eigenvalue weighted by Gasteiger charge is 2.26. The number of hydrogen-bond donors (Lipinski definition) is 1. The summed E-state index contributed by atoms with van der Waals surface area (Å²) >= 11 is 18.2. The molecule has 3 rings (SSSR count). The lowest BCUT2D eigenvalue weighted by molar-refractivity contribution is -0.140. The monoisotopic (exact) mass is 502 g/mol. The highest BCUT2D eigenvalue weighted by atomic mass is 35.5. The second kappa shape index (κ2) is 12.1. The number of carbonyl (C=O) groups is 2. The van der Waals surface area contributed by atoms with Crippen molar-refractivity contribution in [2.45, 2.75) is 38.9 Å². The van der Waals surface area contributed by atoms with Crippen molar-refractivity contribution >= 4 is 46.6 Å². The Balaban J connectivity index is 1.70. The smallest absolute Gasteiger partial charge is 0.242 e. The van der Waals surface area contributed by atoms with E-state index in [1.54, 1.807) is 42.2 Å². The van der Waals surface area contributed by atoms with Crippen LogP contribution < -0.4 is 5.32 Å². The molecule has 0 heterocycles. The van der Waals surface area contributed by atoms with Crippen LogP contribution in [0.1, 0.15) is 30.0 Å². The van der Waals surface area contributed by atoms with Crippen LogP contribution in [-0.4, -0.2) is 22.8 Å². The zero-order valence-corrected chi connectivity index (χ0v) is 20.5. The lowest BCUT2D eigenvalue weighted by Crippen LogP contribution is -2.47. The van der Waals surface area contributed by atoms with Crippen molar-refractivity contribution in [2.75, 3.05) is 0 Å². The lowest BCUT2D eigenvalue weighted by atomic mass is 10.1. The van der Waals surface area contributed by atoms with E-state index in [9.17, 15) is 9.59 Å². The van der Waals surface area contributed by atoms with Gasteiger partial charge in [-0.2, -0.15) is 0 Å². The van der Waals surface area contributed by atoms with Crippen LogP contribution in [0.15, 0.2) is 72.8 Å². The van der Waals surface area contributed by atoms with Gasteiger partial charge in [-0.15, -0.1) is 0 Å². The zero-order valence-electron chi connectivity index (χ0n) is 18.2. The second-order valence-electron chi connectivity index (χ2n) is 7.76. The molecule has 0 aliphatic carbocycles. The minimum atomic E-state index is -0.671. The Hall–Kier alpha value is -2.53. The summed E-state index contributed by atoms with van der Waals surface area (Å²) in [5, 5.41) is 4.51. The maximum absolute atomic E-state index is 13.2. The molecule has 1 N–H and O–H groups in total. The van der Waals surface area contributed by atoms with E-state index in [1.165, 1.54) is 0 Å². The number of rotatable bonds is 9. The molecule has 33 heavy (non-hydrogen) atoms. The molecule has 4 nitrogen and oxygen atoms in total. The standard InChI is InChI=1S/C26H25Cl3N2O2/c1-18(26(33)30-16-21-10-13-23(28)15-24(21)29)31(17-20-7-11-22(27)12-8-20)25(32)14-9-19-5-3-2-4-6-19/h2-8,10-13,15,18H,9,14,16-17H2,1H3,(H,30,33)/t18-/m1/s1. The summed E-state index contributed by atoms with van der Waals surface area (Å²) in [6, 6.07) is 21.5. The number of nitrogens with zero attached hydrogens (tertiary/aromatic N) is 1. The predicted molar refractivity (Wildman–Crippen MR) is 135 cm³/mol. The molecule has 0 unspecified atom stereocenters. The van der Waals surface area contributed by atoms with Gasteiger partial charge in [-0.3, -0.25) is 9.59 Å². The summed E-state index contributed by atoms with van der Waals surface area (Å²) in [7, 11) is 0. The molecule has 7 heteroatoms. The molecule has 0 saturated carbocycles. The van der Waals surface area contributed by atoms with E-state index in [0.29, 0.717) is 34.5 Å². The van der Waals surface area contributed by atoms with Crippen LogP contribution in [0.5, 0.6) is 0 Å². The predicted octanol–water partition coefficient (Wildman–Crippen LogP) is 6.31. The molecule has 0 fully saturated rings. The maximum atomic E-state index is 13.2. The van der Waals surface area contributed by atoms with Crippen molar-refractivity contribution in [1.82, 2.24) is 10.2 Å². The number of nitrogens with one attached hydrogen (secondary N) is 1. The van der Waals surface area contributed by atoms with Gasteiger partial charge < -0.3 is 10.2 Å². The molecule has 2 amide bonds. The fourth-order valence-corrected chi connectivity index (χ4v) is 4.01. The Morgan fingerprint density at radius 2 is 1.55 bits per heavy atom. The van der Waals surface area contributed by atoms with Gasteiger partial charge in [0.2, 0.25) is 11.8 Å². The van der Waals surface area contributed by atoms with Gasteiger partial charge >= 0.3 is 0 Å². The van der Waals surface area contributed by atoms with E-state index < -0.39 is 6.04 Å². The summed E-state index contributed by atoms with van der Waals surface area (Å²) in [4.78, 5) is 27.7. The molecule has 0 aromatic heterocycles. The van der Waals surface area contributed by atoms with Gasteiger partial charge in [0.15, 0.2) is 0 Å². The molecule has 3 aromatic carbocycles. The van der Waals surface area contributed by atoms with Gasteiger partial charge in [0.25, 0.3) is 0 Å². The van der Waals surface area contributed by atoms with Crippen LogP contribution in [0.25, 0.3) is 0 Å². The first-order valence-corrected chi connectivity index (χ1v) is 11.8. The average Bonchev–Trinajstić information content (AvgIpc) is 2.81. The van der Waals surface area contributed by atoms with Gasteiger partial charge in [0.1, 0.15) is 6.04 Å². The number of hydrogen-bond acceptors (Lipinski definition) is 2. The van der Waals surface area contributed by atoms with Crippen molar-refractivity contribution in [1.29, 1.82) is 0 Å².